The first-order chi connectivity index (χ1) is 15.7. The van der Waals surface area contributed by atoms with E-state index in [-0.39, 0.29) is 5.96 Å². The van der Waals surface area contributed by atoms with Crippen LogP contribution in [0.2, 0.25) is 0 Å². The second-order valence-electron chi connectivity index (χ2n) is 8.90. The number of carbonyl (C=O) groups excluding carboxylic acids is 1. The number of ether oxygens (including phenoxy) is 1. The lowest BCUT2D eigenvalue weighted by Crippen LogP contribution is -2.80. The molecule has 3 heterocycles. The van der Waals surface area contributed by atoms with Gasteiger partial charge in [0.05, 0.1) is 30.3 Å². The SMILES string of the molecule is CC1[C@H](OC(=O)c2cccc3ccccc23)[C@](C)(O)C23C(NC(=N)N2O)C(CO)NC(=N)N13. The van der Waals surface area contributed by atoms with Crippen LogP contribution in [0.15, 0.2) is 42.5 Å². The summed E-state index contributed by atoms with van der Waals surface area (Å²) in [6, 6.07) is 10.2. The second-order valence-corrected chi connectivity index (χ2v) is 8.90. The zero-order valence-corrected chi connectivity index (χ0v) is 18.1. The van der Waals surface area contributed by atoms with Crippen LogP contribution in [0, 0.1) is 10.8 Å². The van der Waals surface area contributed by atoms with Crippen LogP contribution in [0.5, 0.6) is 0 Å². The van der Waals surface area contributed by atoms with Crippen LogP contribution in [0.1, 0.15) is 24.2 Å². The van der Waals surface area contributed by atoms with E-state index in [0.29, 0.717) is 16.0 Å². The lowest BCUT2D eigenvalue weighted by molar-refractivity contribution is -0.228. The fraction of sp³-hybridized carbons (Fsp3) is 0.409. The molecular weight excluding hydrogens is 428 g/mol. The number of nitrogens with zero attached hydrogens (tertiary/aromatic N) is 2. The molecule has 11 nitrogen and oxygen atoms in total. The highest BCUT2D eigenvalue weighted by atomic mass is 16.6. The largest absolute Gasteiger partial charge is 0.453 e. The summed E-state index contributed by atoms with van der Waals surface area (Å²) in [7, 11) is 0. The number of aliphatic hydroxyl groups excluding tert-OH is 1. The molecule has 4 unspecified atom stereocenters. The molecule has 5 rings (SSSR count). The van der Waals surface area contributed by atoms with Crippen molar-refractivity contribution < 1.29 is 25.0 Å². The molecule has 0 aromatic heterocycles. The molecule has 3 saturated heterocycles. The van der Waals surface area contributed by atoms with Gasteiger partial charge in [-0.3, -0.25) is 16.0 Å². The van der Waals surface area contributed by atoms with Gasteiger partial charge in [-0.05, 0) is 30.7 Å². The molecule has 2 aromatic carbocycles. The molecule has 7 N–H and O–H groups in total. The van der Waals surface area contributed by atoms with Crippen molar-refractivity contribution in [2.45, 2.75) is 49.3 Å². The van der Waals surface area contributed by atoms with Crippen LogP contribution in [-0.4, -0.2) is 85.4 Å². The third kappa shape index (κ3) is 2.58. The Morgan fingerprint density at radius 3 is 2.58 bits per heavy atom. The maximum absolute atomic E-state index is 13.3. The summed E-state index contributed by atoms with van der Waals surface area (Å²) < 4.78 is 5.88. The molecule has 2 aromatic rings. The minimum atomic E-state index is -1.94. The number of carbonyl (C=O) groups is 1. The van der Waals surface area contributed by atoms with Gasteiger partial charge in [0.2, 0.25) is 5.96 Å². The smallest absolute Gasteiger partial charge is 0.339 e. The third-order valence-electron chi connectivity index (χ3n) is 7.18. The fourth-order valence-electron chi connectivity index (χ4n) is 5.79. The molecule has 0 bridgehead atoms. The Morgan fingerprint density at radius 2 is 1.85 bits per heavy atom. The van der Waals surface area contributed by atoms with Crippen molar-refractivity contribution in [1.29, 1.82) is 10.8 Å². The van der Waals surface area contributed by atoms with Gasteiger partial charge in [-0.2, -0.15) is 5.06 Å². The summed E-state index contributed by atoms with van der Waals surface area (Å²) in [5, 5.41) is 57.1. The molecule has 0 saturated carbocycles. The molecule has 3 aliphatic heterocycles. The minimum Gasteiger partial charge on any atom is -0.453 e. The van der Waals surface area contributed by atoms with Crippen LogP contribution in [0.3, 0.4) is 0 Å². The van der Waals surface area contributed by atoms with Gasteiger partial charge < -0.3 is 30.5 Å². The van der Waals surface area contributed by atoms with Crippen LogP contribution >= 0.6 is 0 Å². The second kappa shape index (κ2) is 7.04. The predicted molar refractivity (Wildman–Crippen MR) is 118 cm³/mol. The number of benzene rings is 2. The molecule has 0 amide bonds. The van der Waals surface area contributed by atoms with E-state index in [4.69, 9.17) is 15.6 Å². The Kier molecular flexibility index (Phi) is 4.57. The van der Waals surface area contributed by atoms with Gasteiger partial charge in [0, 0.05) is 0 Å². The molecule has 3 fully saturated rings. The van der Waals surface area contributed by atoms with E-state index >= 15 is 0 Å². The average molecular weight is 454 g/mol. The number of hydrogen-bond acceptors (Lipinski definition) is 7. The first kappa shape index (κ1) is 21.4. The van der Waals surface area contributed by atoms with Crippen molar-refractivity contribution in [1.82, 2.24) is 20.6 Å². The molecule has 1 spiro atoms. The highest BCUT2D eigenvalue weighted by Gasteiger charge is 2.78. The fourth-order valence-corrected chi connectivity index (χ4v) is 5.79. The number of guanidine groups is 2. The highest BCUT2D eigenvalue weighted by molar-refractivity contribution is 6.04. The van der Waals surface area contributed by atoms with Crippen LogP contribution < -0.4 is 10.6 Å². The Bertz CT molecular complexity index is 1170. The molecular formula is C22H26N6O5. The minimum absolute atomic E-state index is 0.169. The zero-order chi connectivity index (χ0) is 23.7. The van der Waals surface area contributed by atoms with Crippen molar-refractivity contribution in [2.75, 3.05) is 6.61 Å². The molecule has 11 heteroatoms. The van der Waals surface area contributed by atoms with Crippen molar-refractivity contribution in [3.05, 3.63) is 48.0 Å². The van der Waals surface area contributed by atoms with Gasteiger partial charge >= 0.3 is 5.97 Å². The van der Waals surface area contributed by atoms with E-state index in [9.17, 15) is 20.2 Å². The first-order valence-electron chi connectivity index (χ1n) is 10.7. The summed E-state index contributed by atoms with van der Waals surface area (Å²) in [5.74, 6) is -1.22. The Hall–Kier alpha value is -3.41. The molecule has 3 aliphatic rings. The molecule has 33 heavy (non-hydrogen) atoms. The molecule has 0 aliphatic carbocycles. The van der Waals surface area contributed by atoms with Crippen LogP contribution in [0.4, 0.5) is 0 Å². The molecule has 0 radical (unpaired) electrons. The summed E-state index contributed by atoms with van der Waals surface area (Å²) in [6.07, 6.45) is -1.17. The first-order valence-corrected chi connectivity index (χ1v) is 10.7. The number of rotatable bonds is 3. The van der Waals surface area contributed by atoms with E-state index in [1.165, 1.54) is 11.8 Å². The van der Waals surface area contributed by atoms with Crippen molar-refractivity contribution in [3.63, 3.8) is 0 Å². The highest BCUT2D eigenvalue weighted by Crippen LogP contribution is 2.51. The van der Waals surface area contributed by atoms with Gasteiger partial charge in [0.1, 0.15) is 5.60 Å². The maximum atomic E-state index is 13.3. The Morgan fingerprint density at radius 1 is 1.15 bits per heavy atom. The standard InChI is InChI=1S/C22H26N6O5/c1-11-17(33-18(30)14-9-5-7-12-6-3-4-8-13(12)14)21(2,31)22-16(26-20(24)28(22)32)15(10-29)25-19(23)27(11)22/h3-9,11,15-17,29,31-32H,10H2,1-2H3,(H2,23,25)(H2,24,26)/t11?,15?,16?,17-,21-,22?/m0/s1. The summed E-state index contributed by atoms with van der Waals surface area (Å²) >= 11 is 0. The predicted octanol–water partition coefficient (Wildman–Crippen LogP) is 0.0132. The lowest BCUT2D eigenvalue weighted by atomic mass is 9.78. The van der Waals surface area contributed by atoms with E-state index in [1.54, 1.807) is 19.1 Å². The van der Waals surface area contributed by atoms with Crippen molar-refractivity contribution in [3.8, 4) is 0 Å². The number of esters is 1. The van der Waals surface area contributed by atoms with Crippen molar-refractivity contribution in [2.24, 2.45) is 0 Å². The van der Waals surface area contributed by atoms with Crippen LogP contribution in [-0.2, 0) is 4.74 Å². The topological polar surface area (TPSA) is 165 Å². The van der Waals surface area contributed by atoms with Crippen molar-refractivity contribution >= 4 is 28.7 Å². The van der Waals surface area contributed by atoms with Gasteiger partial charge in [0.25, 0.3) is 0 Å². The number of hydrogen-bond donors (Lipinski definition) is 7. The van der Waals surface area contributed by atoms with Gasteiger partial charge in [-0.15, -0.1) is 0 Å². The van der Waals surface area contributed by atoms with Gasteiger partial charge in [0.15, 0.2) is 17.7 Å². The number of fused-ring (bicyclic) bond motifs is 1. The maximum Gasteiger partial charge on any atom is 0.339 e. The molecule has 6 atom stereocenters. The lowest BCUT2D eigenvalue weighted by Gasteiger charge is -2.53. The van der Waals surface area contributed by atoms with Crippen LogP contribution in [0.25, 0.3) is 10.8 Å². The van der Waals surface area contributed by atoms with E-state index in [0.717, 1.165) is 5.39 Å². The van der Waals surface area contributed by atoms with E-state index in [1.807, 2.05) is 30.3 Å². The normalized spacial score (nSPS) is 35.2. The van der Waals surface area contributed by atoms with Gasteiger partial charge in [-0.1, -0.05) is 36.4 Å². The summed E-state index contributed by atoms with van der Waals surface area (Å²) in [4.78, 5) is 14.7. The monoisotopic (exact) mass is 454 g/mol. The Labute approximate surface area is 189 Å². The summed E-state index contributed by atoms with van der Waals surface area (Å²) in [5.41, 5.74) is -3.37. The molecule has 174 valence electrons. The average Bonchev–Trinajstić information content (AvgIpc) is 3.16. The zero-order valence-electron chi connectivity index (χ0n) is 18.1. The number of aliphatic hydroxyl groups is 2. The third-order valence-corrected chi connectivity index (χ3v) is 7.18. The van der Waals surface area contributed by atoms with E-state index < -0.39 is 54.0 Å². The number of hydroxylamine groups is 2. The Balaban J connectivity index is 1.58. The van der Waals surface area contributed by atoms with E-state index in [2.05, 4.69) is 10.6 Å². The summed E-state index contributed by atoms with van der Waals surface area (Å²) in [6.45, 7) is 2.67. The van der Waals surface area contributed by atoms with Gasteiger partial charge in [-0.25, -0.2) is 4.79 Å². The quantitative estimate of drug-likeness (QED) is 0.316. The number of nitrogens with one attached hydrogen (secondary N) is 4.